The summed E-state index contributed by atoms with van der Waals surface area (Å²) in [6.45, 7) is 7.84. The minimum atomic E-state index is -1.41. The van der Waals surface area contributed by atoms with Crippen LogP contribution in [0.1, 0.15) is 32.0 Å². The number of rotatable bonds is 1. The van der Waals surface area contributed by atoms with Crippen molar-refractivity contribution in [1.29, 1.82) is 0 Å². The summed E-state index contributed by atoms with van der Waals surface area (Å²) in [6, 6.07) is 1.01. The van der Waals surface area contributed by atoms with Crippen LogP contribution in [0.25, 0.3) is 10.9 Å². The van der Waals surface area contributed by atoms with Crippen LogP contribution in [-0.4, -0.2) is 4.98 Å². The van der Waals surface area contributed by atoms with Gasteiger partial charge in [0.15, 0.2) is 17.5 Å². The predicted octanol–water partition coefficient (Wildman–Crippen LogP) is 4.48. The molecule has 1 heterocycles. The minimum absolute atomic E-state index is 0.0583. The Bertz CT molecular complexity index is 606. The van der Waals surface area contributed by atoms with Gasteiger partial charge in [-0.05, 0) is 24.3 Å². The monoisotopic (exact) mass is 255 g/mol. The molecule has 0 bridgehead atoms. The molecule has 1 aromatic heterocycles. The lowest BCUT2D eigenvalue weighted by molar-refractivity contribution is 0.410. The zero-order valence-electron chi connectivity index (χ0n) is 10.9. The normalized spacial score (nSPS) is 12.4. The van der Waals surface area contributed by atoms with Gasteiger partial charge in [0.25, 0.3) is 0 Å². The lowest BCUT2D eigenvalue weighted by atomic mass is 9.87. The number of benzene rings is 1. The first-order valence-corrected chi connectivity index (χ1v) is 5.85. The van der Waals surface area contributed by atoms with E-state index in [1.807, 2.05) is 20.8 Å². The molecule has 1 aromatic carbocycles. The Labute approximate surface area is 104 Å². The summed E-state index contributed by atoms with van der Waals surface area (Å²) >= 11 is 0. The maximum absolute atomic E-state index is 13.9. The van der Waals surface area contributed by atoms with Gasteiger partial charge in [0.05, 0.1) is 5.52 Å². The van der Waals surface area contributed by atoms with Gasteiger partial charge in [0, 0.05) is 17.1 Å². The lowest BCUT2D eigenvalue weighted by Crippen LogP contribution is -2.10. The van der Waals surface area contributed by atoms with E-state index in [0.29, 0.717) is 17.5 Å². The molecule has 0 spiro atoms. The number of H-pyrrole nitrogens is 1. The molecule has 0 unspecified atom stereocenters. The molecule has 2 aromatic rings. The quantitative estimate of drug-likeness (QED) is 0.723. The predicted molar refractivity (Wildman–Crippen MR) is 66.1 cm³/mol. The molecule has 1 nitrogen and oxygen atoms in total. The first kappa shape index (κ1) is 13.0. The molecule has 0 aliphatic carbocycles. The second kappa shape index (κ2) is 4.04. The van der Waals surface area contributed by atoms with Crippen molar-refractivity contribution in [3.05, 3.63) is 34.8 Å². The fraction of sp³-hybridized carbons (Fsp3) is 0.429. The van der Waals surface area contributed by atoms with Crippen LogP contribution in [0.15, 0.2) is 6.07 Å². The van der Waals surface area contributed by atoms with Crippen molar-refractivity contribution in [1.82, 2.24) is 4.98 Å². The van der Waals surface area contributed by atoms with E-state index < -0.39 is 17.5 Å². The number of hydrogen-bond donors (Lipinski definition) is 1. The number of halogens is 3. The van der Waals surface area contributed by atoms with Gasteiger partial charge in [0.2, 0.25) is 0 Å². The number of aromatic amines is 1. The zero-order chi connectivity index (χ0) is 13.7. The number of aromatic nitrogens is 1. The number of nitrogens with one attached hydrogen (secondary N) is 1. The third-order valence-corrected chi connectivity index (χ3v) is 2.95. The smallest absolute Gasteiger partial charge is 0.195 e. The third-order valence-electron chi connectivity index (χ3n) is 2.95. The van der Waals surface area contributed by atoms with Gasteiger partial charge in [-0.25, -0.2) is 13.2 Å². The summed E-state index contributed by atoms with van der Waals surface area (Å²) in [6.07, 6.45) is 0.598. The van der Waals surface area contributed by atoms with E-state index in [9.17, 15) is 13.2 Å². The second-order valence-electron chi connectivity index (χ2n) is 5.87. The van der Waals surface area contributed by atoms with Crippen molar-refractivity contribution in [2.45, 2.75) is 34.1 Å². The van der Waals surface area contributed by atoms with Crippen molar-refractivity contribution in [3.8, 4) is 0 Å². The molecule has 0 amide bonds. The van der Waals surface area contributed by atoms with E-state index in [1.54, 1.807) is 6.92 Å². The molecule has 0 fully saturated rings. The molecule has 98 valence electrons. The average Bonchev–Trinajstić information content (AvgIpc) is 2.50. The van der Waals surface area contributed by atoms with E-state index in [-0.39, 0.29) is 10.8 Å². The van der Waals surface area contributed by atoms with Gasteiger partial charge in [0.1, 0.15) is 0 Å². The van der Waals surface area contributed by atoms with Crippen LogP contribution in [0.4, 0.5) is 13.2 Å². The average molecular weight is 255 g/mol. The fourth-order valence-electron chi connectivity index (χ4n) is 2.20. The molecule has 18 heavy (non-hydrogen) atoms. The van der Waals surface area contributed by atoms with Gasteiger partial charge in [-0.2, -0.15) is 0 Å². The highest BCUT2D eigenvalue weighted by Gasteiger charge is 2.22. The van der Waals surface area contributed by atoms with Gasteiger partial charge >= 0.3 is 0 Å². The second-order valence-corrected chi connectivity index (χ2v) is 5.87. The van der Waals surface area contributed by atoms with E-state index in [1.165, 1.54) is 0 Å². The van der Waals surface area contributed by atoms with Crippen LogP contribution >= 0.6 is 0 Å². The van der Waals surface area contributed by atoms with Crippen molar-refractivity contribution in [2.24, 2.45) is 5.41 Å². The number of aryl methyl sites for hydroxylation is 1. The molecular formula is C14H16F3N. The number of fused-ring (bicyclic) bond motifs is 1. The van der Waals surface area contributed by atoms with Crippen LogP contribution in [0.5, 0.6) is 0 Å². The molecule has 1 N–H and O–H groups in total. The minimum Gasteiger partial charge on any atom is -0.358 e. The fourth-order valence-corrected chi connectivity index (χ4v) is 2.20. The molecule has 0 saturated carbocycles. The first-order chi connectivity index (χ1) is 8.20. The van der Waals surface area contributed by atoms with Gasteiger partial charge < -0.3 is 4.98 Å². The van der Waals surface area contributed by atoms with E-state index >= 15 is 0 Å². The van der Waals surface area contributed by atoms with E-state index in [4.69, 9.17) is 0 Å². The molecular weight excluding hydrogens is 239 g/mol. The Kier molecular flexibility index (Phi) is 2.92. The van der Waals surface area contributed by atoms with Crippen molar-refractivity contribution in [3.63, 3.8) is 0 Å². The van der Waals surface area contributed by atoms with Gasteiger partial charge in [-0.15, -0.1) is 0 Å². The standard InChI is InChI=1S/C14H16F3N/c1-7-8(6-14(2,3)4)11-10(18-7)5-9(15)12(16)13(11)17/h5,18H,6H2,1-4H3. The van der Waals surface area contributed by atoms with Crippen molar-refractivity contribution in [2.75, 3.05) is 0 Å². The highest BCUT2D eigenvalue weighted by atomic mass is 19.2. The maximum atomic E-state index is 13.9. The lowest BCUT2D eigenvalue weighted by Gasteiger charge is -2.18. The highest BCUT2D eigenvalue weighted by Crippen LogP contribution is 2.32. The SMILES string of the molecule is Cc1[nH]c2cc(F)c(F)c(F)c2c1CC(C)(C)C. The molecule has 0 aliphatic rings. The van der Waals surface area contributed by atoms with Gasteiger partial charge in [-0.1, -0.05) is 20.8 Å². The van der Waals surface area contributed by atoms with Crippen LogP contribution in [0.2, 0.25) is 0 Å². The van der Waals surface area contributed by atoms with E-state index in [0.717, 1.165) is 11.8 Å². The Morgan fingerprint density at radius 3 is 2.28 bits per heavy atom. The van der Waals surface area contributed by atoms with Crippen LogP contribution in [0.3, 0.4) is 0 Å². The Balaban J connectivity index is 2.74. The third kappa shape index (κ3) is 2.11. The molecule has 0 aliphatic heterocycles. The molecule has 4 heteroatoms. The zero-order valence-corrected chi connectivity index (χ0v) is 10.9. The summed E-state index contributed by atoms with van der Waals surface area (Å²) in [5.41, 5.74) is 1.72. The maximum Gasteiger partial charge on any atom is 0.195 e. The van der Waals surface area contributed by atoms with Crippen LogP contribution in [0, 0.1) is 29.8 Å². The Morgan fingerprint density at radius 1 is 1.11 bits per heavy atom. The summed E-state index contributed by atoms with van der Waals surface area (Å²) < 4.78 is 40.3. The summed E-state index contributed by atoms with van der Waals surface area (Å²) in [7, 11) is 0. The first-order valence-electron chi connectivity index (χ1n) is 5.85. The Morgan fingerprint density at radius 2 is 1.72 bits per heavy atom. The van der Waals surface area contributed by atoms with Crippen LogP contribution in [-0.2, 0) is 6.42 Å². The van der Waals surface area contributed by atoms with E-state index in [2.05, 4.69) is 4.98 Å². The summed E-state index contributed by atoms with van der Waals surface area (Å²) in [5.74, 6) is -3.67. The topological polar surface area (TPSA) is 15.8 Å². The molecule has 0 saturated heterocycles. The highest BCUT2D eigenvalue weighted by molar-refractivity contribution is 5.85. The summed E-state index contributed by atoms with van der Waals surface area (Å²) in [5, 5.41) is 0.168. The molecule has 0 radical (unpaired) electrons. The largest absolute Gasteiger partial charge is 0.358 e. The Hall–Kier alpha value is -1.45. The van der Waals surface area contributed by atoms with Crippen molar-refractivity contribution < 1.29 is 13.2 Å². The van der Waals surface area contributed by atoms with Crippen molar-refractivity contribution >= 4 is 10.9 Å². The van der Waals surface area contributed by atoms with Gasteiger partial charge in [-0.3, -0.25) is 0 Å². The number of hydrogen-bond acceptors (Lipinski definition) is 0. The van der Waals surface area contributed by atoms with Crippen LogP contribution < -0.4 is 0 Å². The molecule has 0 atom stereocenters. The molecule has 2 rings (SSSR count). The summed E-state index contributed by atoms with van der Waals surface area (Å²) in [4.78, 5) is 2.91.